The fraction of sp³-hybridized carbons (Fsp3) is 0.222. The van der Waals surface area contributed by atoms with Gasteiger partial charge in [-0.05, 0) is 60.7 Å². The number of aromatic nitrogens is 4. The summed E-state index contributed by atoms with van der Waals surface area (Å²) in [5, 5.41) is 14.9. The van der Waals surface area contributed by atoms with Crippen LogP contribution in [0.1, 0.15) is 12.5 Å². The maximum atomic E-state index is 12.4. The highest BCUT2D eigenvalue weighted by molar-refractivity contribution is 8.00. The van der Waals surface area contributed by atoms with Gasteiger partial charge in [0.05, 0.1) is 18.0 Å². The van der Waals surface area contributed by atoms with Crippen molar-refractivity contribution in [3.63, 3.8) is 0 Å². The zero-order valence-corrected chi connectivity index (χ0v) is 15.5. The van der Waals surface area contributed by atoms with Crippen LogP contribution in [0.25, 0.3) is 5.69 Å². The van der Waals surface area contributed by atoms with Gasteiger partial charge < -0.3 is 10.1 Å². The number of amides is 1. The maximum Gasteiger partial charge on any atom is 0.237 e. The van der Waals surface area contributed by atoms with Gasteiger partial charge in [-0.25, -0.2) is 0 Å². The molecule has 134 valence electrons. The zero-order valence-electron chi connectivity index (χ0n) is 14.7. The molecule has 8 heteroatoms. The van der Waals surface area contributed by atoms with Gasteiger partial charge in [0.2, 0.25) is 11.1 Å². The number of tetrazole rings is 1. The Labute approximate surface area is 155 Å². The number of rotatable bonds is 6. The van der Waals surface area contributed by atoms with Gasteiger partial charge >= 0.3 is 0 Å². The smallest absolute Gasteiger partial charge is 0.237 e. The standard InChI is InChI=1S/C18H19N5O2S/c1-12-4-8-15(9-5-12)23-18(20-21-22-23)26-13(2)17(24)19-14-6-10-16(25-3)11-7-14/h4-11,13H,1-3H3,(H,19,24). The number of thioether (sulfide) groups is 1. The van der Waals surface area contributed by atoms with Crippen molar-refractivity contribution >= 4 is 23.4 Å². The number of ether oxygens (including phenoxy) is 1. The van der Waals surface area contributed by atoms with E-state index in [1.165, 1.54) is 11.8 Å². The summed E-state index contributed by atoms with van der Waals surface area (Å²) >= 11 is 1.30. The van der Waals surface area contributed by atoms with E-state index < -0.39 is 0 Å². The molecule has 3 rings (SSSR count). The van der Waals surface area contributed by atoms with Crippen LogP contribution in [0.4, 0.5) is 5.69 Å². The lowest BCUT2D eigenvalue weighted by molar-refractivity contribution is -0.115. The second kappa shape index (κ2) is 8.01. The van der Waals surface area contributed by atoms with Crippen LogP contribution in [-0.2, 0) is 4.79 Å². The van der Waals surface area contributed by atoms with Crippen LogP contribution in [-0.4, -0.2) is 38.5 Å². The van der Waals surface area contributed by atoms with Crippen molar-refractivity contribution in [3.8, 4) is 11.4 Å². The first-order valence-corrected chi connectivity index (χ1v) is 8.92. The SMILES string of the molecule is COc1ccc(NC(=O)C(C)Sc2nnnn2-c2ccc(C)cc2)cc1. The summed E-state index contributed by atoms with van der Waals surface area (Å²) in [5.41, 5.74) is 2.72. The lowest BCUT2D eigenvalue weighted by Crippen LogP contribution is -2.22. The van der Waals surface area contributed by atoms with Crippen molar-refractivity contribution in [3.05, 3.63) is 54.1 Å². The third-order valence-electron chi connectivity index (χ3n) is 3.73. The largest absolute Gasteiger partial charge is 0.497 e. The monoisotopic (exact) mass is 369 g/mol. The Bertz CT molecular complexity index is 877. The number of hydrogen-bond donors (Lipinski definition) is 1. The number of nitrogens with zero attached hydrogens (tertiary/aromatic N) is 4. The van der Waals surface area contributed by atoms with Crippen molar-refractivity contribution in [1.82, 2.24) is 20.2 Å². The van der Waals surface area contributed by atoms with Crippen LogP contribution in [0.2, 0.25) is 0 Å². The topological polar surface area (TPSA) is 81.9 Å². The van der Waals surface area contributed by atoms with Crippen LogP contribution >= 0.6 is 11.8 Å². The molecule has 0 saturated heterocycles. The van der Waals surface area contributed by atoms with Gasteiger partial charge in [0, 0.05) is 5.69 Å². The van der Waals surface area contributed by atoms with E-state index in [0.717, 1.165) is 17.0 Å². The molecule has 26 heavy (non-hydrogen) atoms. The molecule has 0 radical (unpaired) electrons. The molecule has 0 aliphatic heterocycles. The molecular weight excluding hydrogens is 350 g/mol. The van der Waals surface area contributed by atoms with Gasteiger partial charge in [0.15, 0.2) is 0 Å². The molecule has 1 heterocycles. The number of nitrogens with one attached hydrogen (secondary N) is 1. The van der Waals surface area contributed by atoms with Crippen molar-refractivity contribution in [2.45, 2.75) is 24.3 Å². The number of hydrogen-bond acceptors (Lipinski definition) is 6. The third-order valence-corrected chi connectivity index (χ3v) is 4.76. The summed E-state index contributed by atoms with van der Waals surface area (Å²) in [7, 11) is 1.60. The second-order valence-corrected chi connectivity index (χ2v) is 6.99. The molecule has 1 N–H and O–H groups in total. The van der Waals surface area contributed by atoms with E-state index in [-0.39, 0.29) is 11.2 Å². The van der Waals surface area contributed by atoms with Crippen LogP contribution in [0.5, 0.6) is 5.75 Å². The third kappa shape index (κ3) is 4.20. The van der Waals surface area contributed by atoms with Gasteiger partial charge in [-0.15, -0.1) is 5.10 Å². The Morgan fingerprint density at radius 3 is 2.50 bits per heavy atom. The fourth-order valence-corrected chi connectivity index (χ4v) is 3.04. The molecule has 0 fully saturated rings. The minimum Gasteiger partial charge on any atom is -0.497 e. The number of carbonyl (C=O) groups excluding carboxylic acids is 1. The van der Waals surface area contributed by atoms with Gasteiger partial charge in [0.25, 0.3) is 0 Å². The minimum absolute atomic E-state index is 0.126. The highest BCUT2D eigenvalue weighted by Crippen LogP contribution is 2.24. The highest BCUT2D eigenvalue weighted by Gasteiger charge is 2.19. The van der Waals surface area contributed by atoms with E-state index >= 15 is 0 Å². The van der Waals surface area contributed by atoms with Crippen molar-refractivity contribution in [2.24, 2.45) is 0 Å². The van der Waals surface area contributed by atoms with E-state index in [9.17, 15) is 4.79 Å². The van der Waals surface area contributed by atoms with Crippen LogP contribution in [0.15, 0.2) is 53.7 Å². The first-order chi connectivity index (χ1) is 12.6. The van der Waals surface area contributed by atoms with Crippen LogP contribution in [0, 0.1) is 6.92 Å². The fourth-order valence-electron chi connectivity index (χ4n) is 2.23. The van der Waals surface area contributed by atoms with Gasteiger partial charge in [0.1, 0.15) is 5.75 Å². The number of anilines is 1. The molecule has 0 bridgehead atoms. The summed E-state index contributed by atoms with van der Waals surface area (Å²) in [5.74, 6) is 0.612. The van der Waals surface area contributed by atoms with E-state index in [0.29, 0.717) is 10.8 Å². The lowest BCUT2D eigenvalue weighted by Gasteiger charge is -2.12. The summed E-state index contributed by atoms with van der Waals surface area (Å²) in [6.07, 6.45) is 0. The minimum atomic E-state index is -0.368. The second-order valence-electron chi connectivity index (χ2n) is 5.69. The normalized spacial score (nSPS) is 11.8. The first kappa shape index (κ1) is 17.9. The zero-order chi connectivity index (χ0) is 18.5. The molecule has 0 saturated carbocycles. The van der Waals surface area contributed by atoms with Crippen molar-refractivity contribution in [1.29, 1.82) is 0 Å². The number of aryl methyl sites for hydroxylation is 1. The van der Waals surface area contributed by atoms with E-state index in [1.54, 1.807) is 36.1 Å². The van der Waals surface area contributed by atoms with Crippen molar-refractivity contribution < 1.29 is 9.53 Å². The highest BCUT2D eigenvalue weighted by atomic mass is 32.2. The average Bonchev–Trinajstić information content (AvgIpc) is 3.11. The molecule has 2 aromatic carbocycles. The molecule has 0 aliphatic carbocycles. The molecule has 1 amide bonds. The quantitative estimate of drug-likeness (QED) is 0.673. The summed E-state index contributed by atoms with van der Waals surface area (Å²) in [6.45, 7) is 3.84. The summed E-state index contributed by atoms with van der Waals surface area (Å²) in [6, 6.07) is 15.1. The Hall–Kier alpha value is -2.87. The number of methoxy groups -OCH3 is 1. The Morgan fingerprint density at radius 1 is 1.15 bits per heavy atom. The first-order valence-electron chi connectivity index (χ1n) is 8.04. The average molecular weight is 369 g/mol. The van der Waals surface area contributed by atoms with Gasteiger partial charge in [-0.2, -0.15) is 4.68 Å². The molecule has 1 atom stereocenters. The predicted molar refractivity (Wildman–Crippen MR) is 101 cm³/mol. The van der Waals surface area contributed by atoms with Crippen LogP contribution < -0.4 is 10.1 Å². The van der Waals surface area contributed by atoms with Crippen LogP contribution in [0.3, 0.4) is 0 Å². The number of benzene rings is 2. The number of carbonyl (C=O) groups is 1. The molecule has 0 aliphatic rings. The summed E-state index contributed by atoms with van der Waals surface area (Å²) in [4.78, 5) is 12.4. The molecular formula is C18H19N5O2S. The molecule has 3 aromatic rings. The lowest BCUT2D eigenvalue weighted by atomic mass is 10.2. The molecule has 1 unspecified atom stereocenters. The Kier molecular flexibility index (Phi) is 5.52. The molecule has 7 nitrogen and oxygen atoms in total. The van der Waals surface area contributed by atoms with Gasteiger partial charge in [-0.1, -0.05) is 29.5 Å². The Balaban J connectivity index is 1.67. The molecule has 0 spiro atoms. The molecule has 1 aromatic heterocycles. The summed E-state index contributed by atoms with van der Waals surface area (Å²) < 4.78 is 6.74. The van der Waals surface area contributed by atoms with E-state index in [1.807, 2.05) is 38.1 Å². The van der Waals surface area contributed by atoms with E-state index in [2.05, 4.69) is 20.8 Å². The predicted octanol–water partition coefficient (Wildman–Crippen LogP) is 3.10. The van der Waals surface area contributed by atoms with Gasteiger partial charge in [-0.3, -0.25) is 4.79 Å². The van der Waals surface area contributed by atoms with E-state index in [4.69, 9.17) is 4.74 Å². The maximum absolute atomic E-state index is 12.4. The Morgan fingerprint density at radius 2 is 1.85 bits per heavy atom. The van der Waals surface area contributed by atoms with Crippen molar-refractivity contribution in [2.75, 3.05) is 12.4 Å².